The highest BCUT2D eigenvalue weighted by Gasteiger charge is 2.18. The molecular formula is C21H20O4. The number of hydrogen-bond donors (Lipinski definition) is 0. The molecule has 1 heterocycles. The maximum absolute atomic E-state index is 5.56. The fraction of sp³-hybridized carbons (Fsp3) is 0.238. The molecule has 0 unspecified atom stereocenters. The van der Waals surface area contributed by atoms with Gasteiger partial charge in [-0.25, -0.2) is 0 Å². The van der Waals surface area contributed by atoms with E-state index < -0.39 is 0 Å². The molecule has 0 fully saturated rings. The number of fused-ring (bicyclic) bond motifs is 2. The van der Waals surface area contributed by atoms with Gasteiger partial charge in [0.25, 0.3) is 0 Å². The highest BCUT2D eigenvalue weighted by Crippen LogP contribution is 2.42. The second-order valence-electron chi connectivity index (χ2n) is 6.19. The van der Waals surface area contributed by atoms with Gasteiger partial charge in [0, 0.05) is 0 Å². The molecule has 1 aliphatic heterocycles. The van der Waals surface area contributed by atoms with Gasteiger partial charge in [0.05, 0.1) is 14.2 Å². The zero-order valence-corrected chi connectivity index (χ0v) is 14.8. The van der Waals surface area contributed by atoms with Crippen molar-refractivity contribution in [2.24, 2.45) is 0 Å². The van der Waals surface area contributed by atoms with Crippen LogP contribution in [-0.2, 0) is 0 Å². The SMILES string of the molecule is COc1cc2cc(C)c(C)c(-c3ccc4c(c3)OCO4)c2cc1OC. The monoisotopic (exact) mass is 336 g/mol. The Hall–Kier alpha value is -2.88. The summed E-state index contributed by atoms with van der Waals surface area (Å²) in [5, 5.41) is 2.24. The predicted molar refractivity (Wildman–Crippen MR) is 98.1 cm³/mol. The fourth-order valence-corrected chi connectivity index (χ4v) is 3.40. The van der Waals surface area contributed by atoms with Gasteiger partial charge in [-0.15, -0.1) is 0 Å². The maximum atomic E-state index is 5.56. The molecular weight excluding hydrogens is 316 g/mol. The molecule has 0 radical (unpaired) electrons. The first-order valence-corrected chi connectivity index (χ1v) is 8.18. The van der Waals surface area contributed by atoms with E-state index in [4.69, 9.17) is 18.9 Å². The predicted octanol–water partition coefficient (Wildman–Crippen LogP) is 4.87. The Morgan fingerprint density at radius 2 is 1.56 bits per heavy atom. The van der Waals surface area contributed by atoms with Gasteiger partial charge in [0.1, 0.15) is 0 Å². The summed E-state index contributed by atoms with van der Waals surface area (Å²) < 4.78 is 22.0. The lowest BCUT2D eigenvalue weighted by atomic mass is 9.90. The second-order valence-corrected chi connectivity index (χ2v) is 6.19. The third-order valence-corrected chi connectivity index (χ3v) is 4.82. The van der Waals surface area contributed by atoms with Crippen molar-refractivity contribution in [3.05, 3.63) is 47.5 Å². The number of aryl methyl sites for hydroxylation is 1. The zero-order valence-electron chi connectivity index (χ0n) is 14.8. The van der Waals surface area contributed by atoms with E-state index in [1.807, 2.05) is 24.3 Å². The minimum atomic E-state index is 0.275. The van der Waals surface area contributed by atoms with Gasteiger partial charge in [-0.3, -0.25) is 0 Å². The minimum Gasteiger partial charge on any atom is -0.493 e. The maximum Gasteiger partial charge on any atom is 0.231 e. The number of hydrogen-bond acceptors (Lipinski definition) is 4. The van der Waals surface area contributed by atoms with Crippen molar-refractivity contribution >= 4 is 10.8 Å². The van der Waals surface area contributed by atoms with E-state index in [0.717, 1.165) is 39.3 Å². The molecule has 0 saturated carbocycles. The van der Waals surface area contributed by atoms with Gasteiger partial charge in [0.15, 0.2) is 23.0 Å². The molecule has 4 rings (SSSR count). The Morgan fingerprint density at radius 3 is 2.32 bits per heavy atom. The van der Waals surface area contributed by atoms with E-state index in [1.54, 1.807) is 14.2 Å². The van der Waals surface area contributed by atoms with Crippen molar-refractivity contribution in [3.8, 4) is 34.1 Å². The van der Waals surface area contributed by atoms with Gasteiger partial charge in [0.2, 0.25) is 6.79 Å². The lowest BCUT2D eigenvalue weighted by molar-refractivity contribution is 0.174. The van der Waals surface area contributed by atoms with Crippen LogP contribution in [-0.4, -0.2) is 21.0 Å². The summed E-state index contributed by atoms with van der Waals surface area (Å²) in [6.07, 6.45) is 0. The summed E-state index contributed by atoms with van der Waals surface area (Å²) in [7, 11) is 3.31. The molecule has 0 aromatic heterocycles. The van der Waals surface area contributed by atoms with Crippen LogP contribution in [0, 0.1) is 13.8 Å². The van der Waals surface area contributed by atoms with Gasteiger partial charge >= 0.3 is 0 Å². The summed E-state index contributed by atoms with van der Waals surface area (Å²) in [5.41, 5.74) is 4.74. The summed E-state index contributed by atoms with van der Waals surface area (Å²) >= 11 is 0. The first-order valence-electron chi connectivity index (χ1n) is 8.18. The third kappa shape index (κ3) is 2.45. The average Bonchev–Trinajstić information content (AvgIpc) is 3.09. The molecule has 0 aliphatic carbocycles. The number of rotatable bonds is 3. The van der Waals surface area contributed by atoms with E-state index in [-0.39, 0.29) is 6.79 Å². The first-order chi connectivity index (χ1) is 12.1. The topological polar surface area (TPSA) is 36.9 Å². The lowest BCUT2D eigenvalue weighted by Crippen LogP contribution is -1.95. The highest BCUT2D eigenvalue weighted by molar-refractivity contribution is 6.01. The van der Waals surface area contributed by atoms with Crippen LogP contribution in [0.1, 0.15) is 11.1 Å². The van der Waals surface area contributed by atoms with Crippen molar-refractivity contribution in [3.63, 3.8) is 0 Å². The van der Waals surface area contributed by atoms with Crippen LogP contribution in [0.5, 0.6) is 23.0 Å². The molecule has 4 nitrogen and oxygen atoms in total. The second kappa shape index (κ2) is 5.88. The molecule has 1 aliphatic rings. The molecule has 0 amide bonds. The van der Waals surface area contributed by atoms with Gasteiger partial charge in [-0.1, -0.05) is 12.1 Å². The first kappa shape index (κ1) is 15.6. The Balaban J connectivity index is 2.03. The van der Waals surface area contributed by atoms with E-state index in [0.29, 0.717) is 0 Å². The van der Waals surface area contributed by atoms with Crippen LogP contribution in [0.15, 0.2) is 36.4 Å². The van der Waals surface area contributed by atoms with E-state index >= 15 is 0 Å². The molecule has 0 atom stereocenters. The minimum absolute atomic E-state index is 0.275. The van der Waals surface area contributed by atoms with Gasteiger partial charge < -0.3 is 18.9 Å². The Bertz CT molecular complexity index is 976. The summed E-state index contributed by atoms with van der Waals surface area (Å²) in [6, 6.07) is 12.3. The lowest BCUT2D eigenvalue weighted by Gasteiger charge is -2.16. The Kier molecular flexibility index (Phi) is 3.68. The van der Waals surface area contributed by atoms with Crippen LogP contribution in [0.25, 0.3) is 21.9 Å². The molecule has 4 heteroatoms. The van der Waals surface area contributed by atoms with Crippen LogP contribution in [0.2, 0.25) is 0 Å². The number of ether oxygens (including phenoxy) is 4. The summed E-state index contributed by atoms with van der Waals surface area (Å²) in [5.74, 6) is 3.03. The molecule has 25 heavy (non-hydrogen) atoms. The van der Waals surface area contributed by atoms with Gasteiger partial charge in [-0.2, -0.15) is 0 Å². The van der Waals surface area contributed by atoms with Gasteiger partial charge in [-0.05, 0) is 71.1 Å². The van der Waals surface area contributed by atoms with Crippen LogP contribution in [0.3, 0.4) is 0 Å². The fourth-order valence-electron chi connectivity index (χ4n) is 3.40. The Morgan fingerprint density at radius 1 is 0.840 bits per heavy atom. The smallest absolute Gasteiger partial charge is 0.231 e. The van der Waals surface area contributed by atoms with Crippen LogP contribution < -0.4 is 18.9 Å². The average molecular weight is 336 g/mol. The summed E-state index contributed by atoms with van der Waals surface area (Å²) in [4.78, 5) is 0. The molecule has 0 N–H and O–H groups in total. The summed E-state index contributed by atoms with van der Waals surface area (Å²) in [6.45, 7) is 4.55. The molecule has 3 aromatic rings. The quantitative estimate of drug-likeness (QED) is 0.684. The van der Waals surface area contributed by atoms with Crippen molar-refractivity contribution in [2.45, 2.75) is 13.8 Å². The van der Waals surface area contributed by atoms with Crippen molar-refractivity contribution in [1.82, 2.24) is 0 Å². The largest absolute Gasteiger partial charge is 0.493 e. The molecule has 0 saturated heterocycles. The third-order valence-electron chi connectivity index (χ3n) is 4.82. The van der Waals surface area contributed by atoms with E-state index in [1.165, 1.54) is 16.7 Å². The number of methoxy groups -OCH3 is 2. The molecule has 0 bridgehead atoms. The molecule has 3 aromatic carbocycles. The standard InChI is InChI=1S/C21H20O4/c1-12-7-15-9-18(22-3)19(23-4)10-16(15)21(13(12)2)14-5-6-17-20(8-14)25-11-24-17/h5-10H,11H2,1-4H3. The van der Waals surface area contributed by atoms with Crippen molar-refractivity contribution in [1.29, 1.82) is 0 Å². The normalized spacial score (nSPS) is 12.5. The molecule has 0 spiro atoms. The van der Waals surface area contributed by atoms with Crippen LogP contribution >= 0.6 is 0 Å². The van der Waals surface area contributed by atoms with E-state index in [2.05, 4.69) is 26.0 Å². The zero-order chi connectivity index (χ0) is 17.6. The van der Waals surface area contributed by atoms with Crippen LogP contribution in [0.4, 0.5) is 0 Å². The van der Waals surface area contributed by atoms with E-state index in [9.17, 15) is 0 Å². The molecule has 128 valence electrons. The van der Waals surface area contributed by atoms with Crippen molar-refractivity contribution < 1.29 is 18.9 Å². The van der Waals surface area contributed by atoms with Crippen molar-refractivity contribution in [2.75, 3.05) is 21.0 Å². The number of benzene rings is 3. The Labute approximate surface area is 146 Å². The highest BCUT2D eigenvalue weighted by atomic mass is 16.7.